The molecule has 3 rings (SSSR count). The molecule has 1 aromatic rings. The largest absolute Gasteiger partial charge is 0.513 e. The van der Waals surface area contributed by atoms with Gasteiger partial charge in [0.2, 0.25) is 11.7 Å². The Labute approximate surface area is 156 Å². The standard InChI is InChI=1S/C22H30N2O2/c1-16(25)13-18-11-8-12-19(18)15-24-20(14-17-9-6-5-7-10-17)21(26)23(4)22(24,2)3/h5-7,9-10,13,15,18-20H,8,11-12,14H2,1-4H3/p+1/b16-13+,24-15+/t18-,19-,20+/m1/s1. The van der Waals surface area contributed by atoms with Gasteiger partial charge >= 0.3 is 0 Å². The van der Waals surface area contributed by atoms with Crippen molar-refractivity contribution >= 4 is 12.1 Å². The van der Waals surface area contributed by atoms with Crippen molar-refractivity contribution in [3.63, 3.8) is 0 Å². The molecule has 2 fully saturated rings. The van der Waals surface area contributed by atoms with Gasteiger partial charge < -0.3 is 5.11 Å². The molecule has 1 heterocycles. The number of likely N-dealkylation sites (N-methyl/N-ethyl adjacent to an activating group) is 1. The van der Waals surface area contributed by atoms with E-state index in [1.54, 1.807) is 6.92 Å². The van der Waals surface area contributed by atoms with Crippen molar-refractivity contribution in [3.8, 4) is 0 Å². The first-order valence-corrected chi connectivity index (χ1v) is 9.63. The lowest BCUT2D eigenvalue weighted by Crippen LogP contribution is -2.44. The second kappa shape index (κ2) is 7.26. The Hall–Kier alpha value is -2.10. The molecule has 1 saturated heterocycles. The lowest BCUT2D eigenvalue weighted by atomic mass is 9.95. The third-order valence-corrected chi connectivity index (χ3v) is 6.11. The zero-order valence-electron chi connectivity index (χ0n) is 16.4. The highest BCUT2D eigenvalue weighted by Crippen LogP contribution is 2.34. The van der Waals surface area contributed by atoms with E-state index in [0.717, 1.165) is 25.7 Å². The van der Waals surface area contributed by atoms with E-state index in [1.807, 2.05) is 36.2 Å². The molecule has 0 radical (unpaired) electrons. The van der Waals surface area contributed by atoms with Crippen molar-refractivity contribution in [2.24, 2.45) is 11.8 Å². The van der Waals surface area contributed by atoms with Crippen LogP contribution in [0.5, 0.6) is 0 Å². The number of benzene rings is 1. The maximum atomic E-state index is 13.0. The molecule has 1 N–H and O–H groups in total. The fourth-order valence-corrected chi connectivity index (χ4v) is 4.40. The van der Waals surface area contributed by atoms with Crippen molar-refractivity contribution in [2.45, 2.75) is 58.2 Å². The summed E-state index contributed by atoms with van der Waals surface area (Å²) in [5.41, 5.74) is 0.839. The van der Waals surface area contributed by atoms with Crippen LogP contribution in [-0.4, -0.2) is 45.5 Å². The van der Waals surface area contributed by atoms with Gasteiger partial charge in [-0.3, -0.25) is 9.69 Å². The van der Waals surface area contributed by atoms with Crippen molar-refractivity contribution in [3.05, 3.63) is 47.7 Å². The van der Waals surface area contributed by atoms with Crippen LogP contribution in [0.1, 0.15) is 45.6 Å². The molecule has 3 atom stereocenters. The summed E-state index contributed by atoms with van der Waals surface area (Å²) in [6, 6.07) is 10.1. The number of allylic oxidation sites excluding steroid dienone is 2. The fourth-order valence-electron chi connectivity index (χ4n) is 4.40. The number of aliphatic hydroxyl groups excluding tert-OH is 1. The Morgan fingerprint density at radius 1 is 1.27 bits per heavy atom. The summed E-state index contributed by atoms with van der Waals surface area (Å²) in [6.07, 6.45) is 8.35. The van der Waals surface area contributed by atoms with Gasteiger partial charge in [-0.1, -0.05) is 36.8 Å². The normalized spacial score (nSPS) is 30.4. The molecule has 140 valence electrons. The van der Waals surface area contributed by atoms with Crippen LogP contribution < -0.4 is 0 Å². The highest BCUT2D eigenvalue weighted by molar-refractivity contribution is 5.83. The number of carbonyl (C=O) groups is 1. The Kier molecular flexibility index (Phi) is 5.22. The maximum Gasteiger partial charge on any atom is 0.296 e. The molecule has 1 aliphatic heterocycles. The minimum Gasteiger partial charge on any atom is -0.513 e. The first-order valence-electron chi connectivity index (χ1n) is 9.63. The second-order valence-electron chi connectivity index (χ2n) is 8.22. The molecular weight excluding hydrogens is 324 g/mol. The average Bonchev–Trinajstić information content (AvgIpc) is 3.08. The van der Waals surface area contributed by atoms with Crippen LogP contribution in [-0.2, 0) is 11.2 Å². The molecule has 1 aliphatic carbocycles. The van der Waals surface area contributed by atoms with E-state index in [0.29, 0.717) is 17.6 Å². The molecule has 1 amide bonds. The minimum atomic E-state index is -0.346. The van der Waals surface area contributed by atoms with Crippen LogP contribution in [0.15, 0.2) is 42.2 Å². The summed E-state index contributed by atoms with van der Waals surface area (Å²) in [5.74, 6) is 1.30. The summed E-state index contributed by atoms with van der Waals surface area (Å²) >= 11 is 0. The van der Waals surface area contributed by atoms with Gasteiger partial charge in [0.15, 0.2) is 0 Å². The quantitative estimate of drug-likeness (QED) is 0.660. The predicted molar refractivity (Wildman–Crippen MR) is 104 cm³/mol. The predicted octanol–water partition coefficient (Wildman–Crippen LogP) is 3.77. The van der Waals surface area contributed by atoms with Gasteiger partial charge in [-0.2, -0.15) is 0 Å². The Morgan fingerprint density at radius 2 is 1.92 bits per heavy atom. The van der Waals surface area contributed by atoms with E-state index in [9.17, 15) is 9.90 Å². The second-order valence-corrected chi connectivity index (χ2v) is 8.22. The summed E-state index contributed by atoms with van der Waals surface area (Å²) in [4.78, 5) is 14.9. The third-order valence-electron chi connectivity index (χ3n) is 6.11. The number of rotatable bonds is 4. The molecular formula is C22H31N2O2+. The Morgan fingerprint density at radius 3 is 2.58 bits per heavy atom. The molecule has 0 bridgehead atoms. The maximum absolute atomic E-state index is 13.0. The Balaban J connectivity index is 1.94. The highest BCUT2D eigenvalue weighted by atomic mass is 16.3. The van der Waals surface area contributed by atoms with Gasteiger partial charge in [0.05, 0.1) is 5.76 Å². The summed E-state index contributed by atoms with van der Waals surface area (Å²) in [5, 5.41) is 9.70. The molecule has 1 aromatic carbocycles. The summed E-state index contributed by atoms with van der Waals surface area (Å²) in [6.45, 7) is 5.97. The molecule has 0 aromatic heterocycles. The van der Waals surface area contributed by atoms with E-state index >= 15 is 0 Å². The molecule has 0 spiro atoms. The molecule has 0 unspecified atom stereocenters. The molecule has 4 heteroatoms. The minimum absolute atomic E-state index is 0.169. The topological polar surface area (TPSA) is 43.6 Å². The van der Waals surface area contributed by atoms with Gasteiger partial charge in [-0.15, -0.1) is 0 Å². The molecule has 26 heavy (non-hydrogen) atoms. The third kappa shape index (κ3) is 3.55. The first kappa shape index (κ1) is 18.7. The number of aliphatic hydroxyl groups is 1. The van der Waals surface area contributed by atoms with Crippen molar-refractivity contribution in [1.29, 1.82) is 0 Å². The molecule has 1 saturated carbocycles. The van der Waals surface area contributed by atoms with E-state index in [-0.39, 0.29) is 17.6 Å². The number of hydrogen-bond acceptors (Lipinski definition) is 2. The highest BCUT2D eigenvalue weighted by Gasteiger charge is 2.54. The number of nitrogens with zero attached hydrogens (tertiary/aromatic N) is 2. The summed E-state index contributed by atoms with van der Waals surface area (Å²) in [7, 11) is 1.90. The first-order chi connectivity index (χ1) is 12.3. The number of carbonyl (C=O) groups excluding carboxylic acids is 1. The summed E-state index contributed by atoms with van der Waals surface area (Å²) < 4.78 is 2.27. The lowest BCUT2D eigenvalue weighted by Gasteiger charge is -2.24. The van der Waals surface area contributed by atoms with E-state index in [1.165, 1.54) is 5.56 Å². The Bertz CT molecular complexity index is 717. The zero-order chi connectivity index (χ0) is 18.9. The zero-order valence-corrected chi connectivity index (χ0v) is 16.4. The van der Waals surface area contributed by atoms with Crippen LogP contribution >= 0.6 is 0 Å². The van der Waals surface area contributed by atoms with Crippen LogP contribution in [0.4, 0.5) is 0 Å². The van der Waals surface area contributed by atoms with Gasteiger partial charge in [0.25, 0.3) is 5.91 Å². The molecule has 4 nitrogen and oxygen atoms in total. The number of hydrogen-bond donors (Lipinski definition) is 1. The average molecular weight is 356 g/mol. The van der Waals surface area contributed by atoms with E-state index in [2.05, 4.69) is 36.8 Å². The molecule has 2 aliphatic rings. The fraction of sp³-hybridized carbons (Fsp3) is 0.545. The van der Waals surface area contributed by atoms with Gasteiger partial charge in [0.1, 0.15) is 6.21 Å². The van der Waals surface area contributed by atoms with Crippen LogP contribution in [0.25, 0.3) is 0 Å². The monoisotopic (exact) mass is 355 g/mol. The van der Waals surface area contributed by atoms with Crippen LogP contribution in [0, 0.1) is 11.8 Å². The van der Waals surface area contributed by atoms with Crippen molar-refractivity contribution in [2.75, 3.05) is 7.05 Å². The van der Waals surface area contributed by atoms with Gasteiger partial charge in [-0.05, 0) is 37.3 Å². The van der Waals surface area contributed by atoms with E-state index in [4.69, 9.17) is 0 Å². The van der Waals surface area contributed by atoms with Crippen molar-refractivity contribution in [1.82, 2.24) is 4.90 Å². The van der Waals surface area contributed by atoms with Crippen LogP contribution in [0.3, 0.4) is 0 Å². The number of amides is 1. The smallest absolute Gasteiger partial charge is 0.296 e. The van der Waals surface area contributed by atoms with Crippen molar-refractivity contribution < 1.29 is 14.5 Å². The van der Waals surface area contributed by atoms with Crippen LogP contribution in [0.2, 0.25) is 0 Å². The SMILES string of the molecule is C/C(O)=C\[C@H]1CCC[C@@H]1/C=[N+]1\[C@@H](Cc2ccccc2)C(=O)N(C)C1(C)C. The van der Waals surface area contributed by atoms with E-state index < -0.39 is 0 Å². The van der Waals surface area contributed by atoms with Gasteiger partial charge in [-0.25, -0.2) is 4.58 Å². The lowest BCUT2D eigenvalue weighted by molar-refractivity contribution is -0.618. The van der Waals surface area contributed by atoms with Gasteiger partial charge in [0, 0.05) is 33.2 Å².